The zero-order valence-corrected chi connectivity index (χ0v) is 10.6. The van der Waals surface area contributed by atoms with E-state index in [0.29, 0.717) is 17.1 Å². The molecule has 0 fully saturated rings. The number of aliphatic hydroxyl groups excluding tert-OH is 1. The Bertz CT molecular complexity index is 499. The van der Waals surface area contributed by atoms with Crippen molar-refractivity contribution in [3.8, 4) is 11.5 Å². The van der Waals surface area contributed by atoms with Gasteiger partial charge in [-0.2, -0.15) is 0 Å². The molecule has 0 saturated heterocycles. The SMILES string of the molecule is CC(=O)O.[15NH2][13C@H]([C@@H](O)c1ccc2c(c1)OCO2)[13C](=O)O. The van der Waals surface area contributed by atoms with E-state index < -0.39 is 24.1 Å². The molecule has 0 amide bonds. The monoisotopic (exact) mass is 288 g/mol. The molecule has 20 heavy (non-hydrogen) atoms. The summed E-state index contributed by atoms with van der Waals surface area (Å²) in [6.45, 7) is 1.21. The molecule has 8 nitrogen and oxygen atoms in total. The maximum atomic E-state index is 10.6. The summed E-state index contributed by atoms with van der Waals surface area (Å²) in [5, 5.41) is 25.8. The minimum Gasteiger partial charge on any atom is -0.481 e. The van der Waals surface area contributed by atoms with Crippen molar-refractivity contribution in [2.24, 2.45) is 5.73 Å². The third kappa shape index (κ3) is 4.11. The Kier molecular flexibility index (Phi) is 5.30. The molecule has 110 valence electrons. The Morgan fingerprint density at radius 1 is 1.25 bits per heavy atom. The first-order chi connectivity index (χ1) is 9.32. The first-order valence-corrected chi connectivity index (χ1v) is 5.58. The van der Waals surface area contributed by atoms with E-state index in [1.165, 1.54) is 6.07 Å². The molecule has 2 atom stereocenters. The first kappa shape index (κ1) is 15.7. The van der Waals surface area contributed by atoms with E-state index in [1.807, 2.05) is 0 Å². The van der Waals surface area contributed by atoms with E-state index in [4.69, 9.17) is 30.2 Å². The standard InChI is InChI=1S/C10H11NO5.C2H4O2/c11-8(10(13)14)9(12)5-1-2-6-7(3-5)16-4-15-6;1-2(3)4/h1-3,8-9,12H,4,11H2,(H,13,14);1H3,(H,3,4)/t8-,9+;/m1./s1/i8+1,10+1,11+1;. The van der Waals surface area contributed by atoms with Crippen molar-refractivity contribution in [1.82, 2.24) is 0 Å². The van der Waals surface area contributed by atoms with E-state index in [0.717, 1.165) is 6.92 Å². The van der Waals surface area contributed by atoms with Gasteiger partial charge in [0.05, 0.1) is 0 Å². The van der Waals surface area contributed by atoms with Crippen LogP contribution in [0, 0.1) is 0 Å². The fraction of sp³-hybridized carbons (Fsp3) is 0.333. The van der Waals surface area contributed by atoms with Crippen molar-refractivity contribution in [2.75, 3.05) is 6.79 Å². The first-order valence-electron chi connectivity index (χ1n) is 5.58. The number of benzene rings is 1. The number of carboxylic acids is 2. The van der Waals surface area contributed by atoms with E-state index in [2.05, 4.69) is 0 Å². The summed E-state index contributed by atoms with van der Waals surface area (Å²) in [6, 6.07) is 3.33. The zero-order valence-electron chi connectivity index (χ0n) is 10.6. The number of carboxylic acid groups (broad SMARTS) is 2. The average molecular weight is 288 g/mol. The Hall–Kier alpha value is -2.32. The number of aliphatic hydroxyl groups is 1. The lowest BCUT2D eigenvalue weighted by molar-refractivity contribution is -0.141. The predicted molar refractivity (Wildman–Crippen MR) is 66.4 cm³/mol. The molecule has 8 heteroatoms. The number of aliphatic carboxylic acids is 2. The normalized spacial score (nSPS) is 14.8. The average Bonchev–Trinajstić information content (AvgIpc) is 2.83. The number of carbonyl (C=O) groups is 2. The van der Waals surface area contributed by atoms with Gasteiger partial charge in [0.15, 0.2) is 11.5 Å². The molecule has 0 spiro atoms. The van der Waals surface area contributed by atoms with Crippen molar-refractivity contribution in [1.29, 1.82) is 0 Å². The molecule has 0 radical (unpaired) electrons. The second-order valence-corrected chi connectivity index (χ2v) is 3.94. The van der Waals surface area contributed by atoms with Gasteiger partial charge in [-0.25, -0.2) is 0 Å². The molecule has 1 aliphatic rings. The molecule has 0 aliphatic carbocycles. The van der Waals surface area contributed by atoms with Crippen molar-refractivity contribution < 1.29 is 34.4 Å². The van der Waals surface area contributed by atoms with Crippen LogP contribution < -0.4 is 15.2 Å². The van der Waals surface area contributed by atoms with Crippen LogP contribution >= 0.6 is 0 Å². The maximum absolute atomic E-state index is 10.6. The van der Waals surface area contributed by atoms with E-state index >= 15 is 0 Å². The summed E-state index contributed by atoms with van der Waals surface area (Å²) in [5.74, 6) is -1.04. The molecular formula is C12H15NO7. The maximum Gasteiger partial charge on any atom is 0.323 e. The van der Waals surface area contributed by atoms with Gasteiger partial charge in [0.25, 0.3) is 5.97 Å². The van der Waals surface area contributed by atoms with Gasteiger partial charge in [0.2, 0.25) is 6.79 Å². The highest BCUT2D eigenvalue weighted by molar-refractivity contribution is 5.74. The fourth-order valence-corrected chi connectivity index (χ4v) is 1.44. The molecule has 1 aromatic rings. The van der Waals surface area contributed by atoms with Gasteiger partial charge in [0.1, 0.15) is 12.1 Å². The molecule has 2 rings (SSSR count). The van der Waals surface area contributed by atoms with E-state index in [9.17, 15) is 9.90 Å². The second kappa shape index (κ2) is 6.73. The molecule has 0 saturated carbocycles. The highest BCUT2D eigenvalue weighted by Gasteiger charge is 2.25. The largest absolute Gasteiger partial charge is 0.481 e. The van der Waals surface area contributed by atoms with E-state index in [-0.39, 0.29) is 6.79 Å². The highest BCUT2D eigenvalue weighted by Crippen LogP contribution is 2.34. The van der Waals surface area contributed by atoms with Crippen molar-refractivity contribution in [2.45, 2.75) is 19.1 Å². The molecule has 1 heterocycles. The molecular weight excluding hydrogens is 273 g/mol. The zero-order chi connectivity index (χ0) is 15.3. The summed E-state index contributed by atoms with van der Waals surface area (Å²) < 4.78 is 10.2. The summed E-state index contributed by atoms with van der Waals surface area (Å²) >= 11 is 0. The van der Waals surface area contributed by atoms with Gasteiger partial charge < -0.3 is 30.5 Å². The quantitative estimate of drug-likeness (QED) is 0.448. The number of hydrogen-bond acceptors (Lipinski definition) is 6. The predicted octanol–water partition coefficient (Wildman–Crippen LogP) is -0.0485. The number of hydrogen-bond donors (Lipinski definition) is 4. The van der Waals surface area contributed by atoms with Crippen molar-refractivity contribution >= 4 is 11.9 Å². The van der Waals surface area contributed by atoms with Crippen LogP contribution in [-0.2, 0) is 9.59 Å². The van der Waals surface area contributed by atoms with E-state index in [1.54, 1.807) is 12.1 Å². The van der Waals surface area contributed by atoms with Crippen LogP contribution in [0.15, 0.2) is 18.2 Å². The number of rotatable bonds is 3. The van der Waals surface area contributed by atoms with Gasteiger partial charge in [-0.1, -0.05) is 6.07 Å². The molecule has 1 aliphatic heterocycles. The Labute approximate surface area is 114 Å². The summed E-state index contributed by atoms with van der Waals surface area (Å²) in [7, 11) is 0. The van der Waals surface area contributed by atoms with Crippen LogP contribution in [0.25, 0.3) is 0 Å². The van der Waals surface area contributed by atoms with Crippen LogP contribution in [0.3, 0.4) is 0 Å². The van der Waals surface area contributed by atoms with Crippen LogP contribution in [-0.4, -0.2) is 40.1 Å². The topological polar surface area (TPSA) is 139 Å². The minimum atomic E-state index is -1.36. The van der Waals surface area contributed by atoms with Crippen molar-refractivity contribution in [3.05, 3.63) is 23.8 Å². The Morgan fingerprint density at radius 2 is 1.80 bits per heavy atom. The summed E-state index contributed by atoms with van der Waals surface area (Å²) in [6.07, 6.45) is -1.27. The number of nitrogens with two attached hydrogens (primary N) is 1. The molecule has 5 N–H and O–H groups in total. The lowest BCUT2D eigenvalue weighted by Gasteiger charge is -2.15. The molecule has 0 bridgehead atoms. The smallest absolute Gasteiger partial charge is 0.323 e. The number of fused-ring (bicyclic) bond motifs is 1. The lowest BCUT2D eigenvalue weighted by atomic mass is 10.1. The van der Waals surface area contributed by atoms with Gasteiger partial charge >= 0.3 is 5.97 Å². The minimum absolute atomic E-state index is 0.125. The van der Waals surface area contributed by atoms with Gasteiger partial charge in [-0.3, -0.25) is 9.59 Å². The third-order valence-corrected chi connectivity index (χ3v) is 2.36. The second-order valence-electron chi connectivity index (χ2n) is 3.94. The lowest BCUT2D eigenvalue weighted by Crippen LogP contribution is -2.36. The molecule has 0 aromatic heterocycles. The van der Waals surface area contributed by atoms with Crippen LogP contribution in [0.1, 0.15) is 18.6 Å². The van der Waals surface area contributed by atoms with Gasteiger partial charge in [-0.05, 0) is 17.7 Å². The van der Waals surface area contributed by atoms with Gasteiger partial charge in [-0.15, -0.1) is 0 Å². The number of ether oxygens (including phenoxy) is 2. The van der Waals surface area contributed by atoms with Gasteiger partial charge in [0, 0.05) is 6.92 Å². The van der Waals surface area contributed by atoms with Crippen LogP contribution in [0.5, 0.6) is 11.5 Å². The fourth-order valence-electron chi connectivity index (χ4n) is 1.44. The highest BCUT2D eigenvalue weighted by atomic mass is 16.7. The van der Waals surface area contributed by atoms with Crippen molar-refractivity contribution in [3.63, 3.8) is 0 Å². The Balaban J connectivity index is 0.000000444. The summed E-state index contributed by atoms with van der Waals surface area (Å²) in [5.41, 5.74) is 5.70. The molecule has 1 aromatic carbocycles. The third-order valence-electron chi connectivity index (χ3n) is 2.36. The van der Waals surface area contributed by atoms with Crippen LogP contribution in [0.4, 0.5) is 0 Å². The molecule has 0 unspecified atom stereocenters. The summed E-state index contributed by atoms with van der Waals surface area (Å²) in [4.78, 5) is 19.6. The Morgan fingerprint density at radius 3 is 2.35 bits per heavy atom. The van der Waals surface area contributed by atoms with Crippen LogP contribution in [0.2, 0.25) is 0 Å².